The first-order chi connectivity index (χ1) is 9.81. The minimum Gasteiger partial charge on any atom is -0.324 e. The van der Waals surface area contributed by atoms with Crippen LogP contribution in [-0.4, -0.2) is 21.6 Å². The fourth-order valence-corrected chi connectivity index (χ4v) is 3.54. The molecule has 6 heteroatoms. The molecule has 2 aromatic heterocycles. The Bertz CT molecular complexity index is 694. The fraction of sp³-hybridized carbons (Fsp3) is 0.0714. The first-order valence-corrected chi connectivity index (χ1v) is 7.80. The van der Waals surface area contributed by atoms with Gasteiger partial charge in [-0.05, 0) is 24.3 Å². The van der Waals surface area contributed by atoms with Gasteiger partial charge in [0.1, 0.15) is 0 Å². The minimum absolute atomic E-state index is 0.0535. The van der Waals surface area contributed by atoms with E-state index in [4.69, 9.17) is 0 Å². The molecule has 0 unspecified atom stereocenters. The van der Waals surface area contributed by atoms with E-state index in [1.54, 1.807) is 29.8 Å². The molecule has 0 bridgehead atoms. The molecule has 0 saturated carbocycles. The molecule has 4 nitrogen and oxygen atoms in total. The van der Waals surface area contributed by atoms with Gasteiger partial charge in [0.15, 0.2) is 4.34 Å². The fourth-order valence-electron chi connectivity index (χ4n) is 1.67. The number of fused-ring (bicyclic) bond motifs is 1. The average Bonchev–Trinajstić information content (AvgIpc) is 2.89. The van der Waals surface area contributed by atoms with E-state index >= 15 is 0 Å². The quantitative estimate of drug-likeness (QED) is 0.750. The smallest absolute Gasteiger partial charge is 0.234 e. The summed E-state index contributed by atoms with van der Waals surface area (Å²) in [6.07, 6.45) is 3.30. The Morgan fingerprint density at radius 1 is 1.25 bits per heavy atom. The Morgan fingerprint density at radius 3 is 2.95 bits per heavy atom. The Labute approximate surface area is 124 Å². The predicted octanol–water partition coefficient (Wildman–Crippen LogP) is 3.42. The molecule has 0 spiro atoms. The number of thiazole rings is 1. The number of benzene rings is 1. The zero-order chi connectivity index (χ0) is 13.8. The van der Waals surface area contributed by atoms with E-state index in [0.717, 1.165) is 14.6 Å². The topological polar surface area (TPSA) is 54.9 Å². The molecule has 1 N–H and O–H groups in total. The lowest BCUT2D eigenvalue weighted by Gasteiger charge is -2.02. The summed E-state index contributed by atoms with van der Waals surface area (Å²) in [7, 11) is 0. The molecule has 0 saturated heterocycles. The van der Waals surface area contributed by atoms with Crippen LogP contribution in [0.1, 0.15) is 0 Å². The molecule has 0 aliphatic rings. The standard InChI is InChI=1S/C14H11N3OS2/c18-13(16-10-4-3-7-15-8-10)9-19-14-17-11-5-1-2-6-12(11)20-14/h1-8H,9H2,(H,16,18). The number of anilines is 1. The van der Waals surface area contributed by atoms with E-state index in [1.165, 1.54) is 11.8 Å². The van der Waals surface area contributed by atoms with Gasteiger partial charge in [0.25, 0.3) is 0 Å². The summed E-state index contributed by atoms with van der Waals surface area (Å²) in [6, 6.07) is 11.6. The van der Waals surface area contributed by atoms with Crippen molar-refractivity contribution in [2.45, 2.75) is 4.34 Å². The molecule has 0 aliphatic heterocycles. The van der Waals surface area contributed by atoms with Crippen LogP contribution in [0.3, 0.4) is 0 Å². The highest BCUT2D eigenvalue weighted by Crippen LogP contribution is 2.29. The molecule has 0 atom stereocenters. The number of pyridine rings is 1. The molecule has 1 amide bonds. The van der Waals surface area contributed by atoms with Gasteiger partial charge in [-0.1, -0.05) is 23.9 Å². The van der Waals surface area contributed by atoms with E-state index in [9.17, 15) is 4.79 Å². The molecule has 0 fully saturated rings. The maximum Gasteiger partial charge on any atom is 0.234 e. The monoisotopic (exact) mass is 301 g/mol. The first kappa shape index (κ1) is 13.1. The summed E-state index contributed by atoms with van der Waals surface area (Å²) >= 11 is 3.05. The van der Waals surface area contributed by atoms with Crippen LogP contribution >= 0.6 is 23.1 Å². The van der Waals surface area contributed by atoms with E-state index in [-0.39, 0.29) is 5.91 Å². The van der Waals surface area contributed by atoms with Gasteiger partial charge < -0.3 is 5.32 Å². The van der Waals surface area contributed by atoms with Gasteiger partial charge >= 0.3 is 0 Å². The molecule has 1 aromatic carbocycles. The van der Waals surface area contributed by atoms with Crippen LogP contribution in [0.4, 0.5) is 5.69 Å². The summed E-state index contributed by atoms with van der Waals surface area (Å²) < 4.78 is 2.05. The van der Waals surface area contributed by atoms with Gasteiger partial charge in [-0.3, -0.25) is 9.78 Å². The van der Waals surface area contributed by atoms with E-state index in [1.807, 2.05) is 30.3 Å². The van der Waals surface area contributed by atoms with Crippen LogP contribution in [0.2, 0.25) is 0 Å². The van der Waals surface area contributed by atoms with Gasteiger partial charge in [-0.25, -0.2) is 4.98 Å². The van der Waals surface area contributed by atoms with Crippen LogP contribution in [0.15, 0.2) is 53.1 Å². The summed E-state index contributed by atoms with van der Waals surface area (Å²) in [6.45, 7) is 0. The molecule has 0 radical (unpaired) electrons. The molecule has 100 valence electrons. The number of hydrogen-bond acceptors (Lipinski definition) is 5. The highest BCUT2D eigenvalue weighted by atomic mass is 32.2. The van der Waals surface area contributed by atoms with Crippen molar-refractivity contribution in [2.75, 3.05) is 11.1 Å². The largest absolute Gasteiger partial charge is 0.324 e. The van der Waals surface area contributed by atoms with Crippen LogP contribution in [-0.2, 0) is 4.79 Å². The van der Waals surface area contributed by atoms with Gasteiger partial charge in [0, 0.05) is 6.20 Å². The van der Waals surface area contributed by atoms with Gasteiger partial charge in [0.2, 0.25) is 5.91 Å². The van der Waals surface area contributed by atoms with Gasteiger partial charge in [0.05, 0.1) is 27.9 Å². The molecule has 20 heavy (non-hydrogen) atoms. The first-order valence-electron chi connectivity index (χ1n) is 5.99. The Kier molecular flexibility index (Phi) is 3.94. The lowest BCUT2D eigenvalue weighted by atomic mass is 10.3. The number of para-hydroxylation sites is 1. The third-order valence-electron chi connectivity index (χ3n) is 2.55. The van der Waals surface area contributed by atoms with Crippen LogP contribution in [0.5, 0.6) is 0 Å². The number of nitrogens with zero attached hydrogens (tertiary/aromatic N) is 2. The second-order valence-corrected chi connectivity index (χ2v) is 6.28. The Hall–Kier alpha value is -1.92. The molecule has 2 heterocycles. The second-order valence-electron chi connectivity index (χ2n) is 4.03. The van der Waals surface area contributed by atoms with Crippen molar-refractivity contribution in [3.8, 4) is 0 Å². The van der Waals surface area contributed by atoms with Crippen molar-refractivity contribution < 1.29 is 4.79 Å². The highest BCUT2D eigenvalue weighted by Gasteiger charge is 2.07. The Balaban J connectivity index is 1.60. The number of amides is 1. The SMILES string of the molecule is O=C(CSc1nc2ccccc2s1)Nc1cccnc1. The predicted molar refractivity (Wildman–Crippen MR) is 83.2 cm³/mol. The lowest BCUT2D eigenvalue weighted by molar-refractivity contribution is -0.113. The van der Waals surface area contributed by atoms with Gasteiger partial charge in [-0.2, -0.15) is 0 Å². The molecule has 0 aliphatic carbocycles. The van der Waals surface area contributed by atoms with Gasteiger partial charge in [-0.15, -0.1) is 11.3 Å². The number of carbonyl (C=O) groups excluding carboxylic acids is 1. The third kappa shape index (κ3) is 3.15. The molecule has 3 aromatic rings. The molecular weight excluding hydrogens is 290 g/mol. The zero-order valence-electron chi connectivity index (χ0n) is 10.4. The normalized spacial score (nSPS) is 10.6. The van der Waals surface area contributed by atoms with Crippen molar-refractivity contribution in [3.05, 3.63) is 48.8 Å². The van der Waals surface area contributed by atoms with Crippen LogP contribution in [0.25, 0.3) is 10.2 Å². The average molecular weight is 301 g/mol. The molecule has 3 rings (SSSR count). The van der Waals surface area contributed by atoms with E-state index in [2.05, 4.69) is 15.3 Å². The third-order valence-corrected chi connectivity index (χ3v) is 4.73. The maximum absolute atomic E-state index is 11.8. The summed E-state index contributed by atoms with van der Waals surface area (Å²) in [5.74, 6) is 0.289. The maximum atomic E-state index is 11.8. The summed E-state index contributed by atoms with van der Waals surface area (Å²) in [4.78, 5) is 20.3. The van der Waals surface area contributed by atoms with Crippen molar-refractivity contribution in [1.82, 2.24) is 9.97 Å². The number of carbonyl (C=O) groups is 1. The van der Waals surface area contributed by atoms with Crippen molar-refractivity contribution in [2.24, 2.45) is 0 Å². The zero-order valence-corrected chi connectivity index (χ0v) is 12.1. The van der Waals surface area contributed by atoms with Crippen molar-refractivity contribution in [1.29, 1.82) is 0 Å². The van der Waals surface area contributed by atoms with Crippen LogP contribution < -0.4 is 5.32 Å². The number of thioether (sulfide) groups is 1. The van der Waals surface area contributed by atoms with Crippen molar-refractivity contribution >= 4 is 44.9 Å². The molecular formula is C14H11N3OS2. The number of rotatable bonds is 4. The lowest BCUT2D eigenvalue weighted by Crippen LogP contribution is -2.13. The summed E-state index contributed by atoms with van der Waals surface area (Å²) in [5.41, 5.74) is 1.69. The van der Waals surface area contributed by atoms with E-state index < -0.39 is 0 Å². The number of nitrogens with one attached hydrogen (secondary N) is 1. The summed E-state index contributed by atoms with van der Waals surface area (Å²) in [5, 5.41) is 2.80. The number of hydrogen-bond donors (Lipinski definition) is 1. The second kappa shape index (κ2) is 6.02. The highest BCUT2D eigenvalue weighted by molar-refractivity contribution is 8.01. The Morgan fingerprint density at radius 2 is 2.15 bits per heavy atom. The minimum atomic E-state index is -0.0535. The van der Waals surface area contributed by atoms with Crippen molar-refractivity contribution in [3.63, 3.8) is 0 Å². The number of aromatic nitrogens is 2. The van der Waals surface area contributed by atoms with Crippen LogP contribution in [0, 0.1) is 0 Å². The van der Waals surface area contributed by atoms with E-state index in [0.29, 0.717) is 11.4 Å².